The molecule has 1 fully saturated rings. The van der Waals surface area contributed by atoms with Gasteiger partial charge in [0.15, 0.2) is 0 Å². The van der Waals surface area contributed by atoms with Gasteiger partial charge in [0.05, 0.1) is 17.9 Å². The zero-order valence-corrected chi connectivity index (χ0v) is 12.5. The number of carbonyl (C=O) groups excluding carboxylic acids is 1. The van der Waals surface area contributed by atoms with E-state index in [-0.39, 0.29) is 17.9 Å². The van der Waals surface area contributed by atoms with Gasteiger partial charge >= 0.3 is 5.97 Å². The Balaban J connectivity index is 2.05. The summed E-state index contributed by atoms with van der Waals surface area (Å²) in [6.07, 6.45) is 3.70. The minimum absolute atomic E-state index is 0.118. The van der Waals surface area contributed by atoms with Crippen molar-refractivity contribution in [3.63, 3.8) is 0 Å². The Morgan fingerprint density at radius 2 is 2.20 bits per heavy atom. The van der Waals surface area contributed by atoms with E-state index >= 15 is 0 Å². The van der Waals surface area contributed by atoms with Crippen molar-refractivity contribution in [3.05, 3.63) is 16.6 Å². The average Bonchev–Trinajstić information content (AvgIpc) is 3.04. The van der Waals surface area contributed by atoms with E-state index in [0.29, 0.717) is 12.8 Å². The number of hydrogen-bond acceptors (Lipinski definition) is 4. The smallest absolute Gasteiger partial charge is 0.307 e. The first-order valence-electron chi connectivity index (χ1n) is 6.95. The molecule has 0 aliphatic heterocycles. The standard InChI is InChI=1S/C14H20N2O3S/c1-3-11(13-15-4-5-20-13)16-12(17)9-6-8(2)7-10(9)14(18)19/h4-5,8-11H,3,6-7H2,1-2H3,(H,16,17)(H,18,19). The third-order valence-corrected chi connectivity index (χ3v) is 4.82. The van der Waals surface area contributed by atoms with Gasteiger partial charge in [0.2, 0.25) is 5.91 Å². The second-order valence-electron chi connectivity index (χ2n) is 5.47. The van der Waals surface area contributed by atoms with Crippen LogP contribution in [0.5, 0.6) is 0 Å². The van der Waals surface area contributed by atoms with Gasteiger partial charge in [-0.15, -0.1) is 11.3 Å². The van der Waals surface area contributed by atoms with Gasteiger partial charge in [0, 0.05) is 11.6 Å². The van der Waals surface area contributed by atoms with E-state index in [1.165, 1.54) is 11.3 Å². The van der Waals surface area contributed by atoms with Crippen molar-refractivity contribution >= 4 is 23.2 Å². The maximum Gasteiger partial charge on any atom is 0.307 e. The highest BCUT2D eigenvalue weighted by Gasteiger charge is 2.41. The summed E-state index contributed by atoms with van der Waals surface area (Å²) in [6.45, 7) is 3.99. The first-order chi connectivity index (χ1) is 9.52. The summed E-state index contributed by atoms with van der Waals surface area (Å²) in [5.74, 6) is -1.71. The summed E-state index contributed by atoms with van der Waals surface area (Å²) >= 11 is 1.51. The van der Waals surface area contributed by atoms with Crippen LogP contribution in [0.3, 0.4) is 0 Å². The van der Waals surface area contributed by atoms with Crippen LogP contribution in [0.1, 0.15) is 44.2 Å². The predicted molar refractivity (Wildman–Crippen MR) is 76.3 cm³/mol. The molecule has 4 atom stereocenters. The molecule has 110 valence electrons. The molecule has 1 amide bonds. The molecule has 6 heteroatoms. The average molecular weight is 296 g/mol. The Kier molecular flexibility index (Phi) is 4.75. The van der Waals surface area contributed by atoms with Gasteiger partial charge in [0.25, 0.3) is 0 Å². The van der Waals surface area contributed by atoms with Crippen LogP contribution < -0.4 is 5.32 Å². The fraction of sp³-hybridized carbons (Fsp3) is 0.643. The van der Waals surface area contributed by atoms with Crippen LogP contribution in [0.4, 0.5) is 0 Å². The van der Waals surface area contributed by atoms with Crippen LogP contribution in [-0.4, -0.2) is 22.0 Å². The lowest BCUT2D eigenvalue weighted by molar-refractivity contribution is -0.146. The monoisotopic (exact) mass is 296 g/mol. The van der Waals surface area contributed by atoms with E-state index in [2.05, 4.69) is 10.3 Å². The molecule has 4 unspecified atom stereocenters. The molecule has 0 radical (unpaired) electrons. The van der Waals surface area contributed by atoms with Crippen LogP contribution in [0.25, 0.3) is 0 Å². The molecule has 1 aromatic heterocycles. The van der Waals surface area contributed by atoms with E-state index in [1.54, 1.807) is 6.20 Å². The quantitative estimate of drug-likeness (QED) is 0.874. The molecule has 20 heavy (non-hydrogen) atoms. The van der Waals surface area contributed by atoms with Crippen molar-refractivity contribution in [2.45, 2.75) is 39.2 Å². The fourth-order valence-corrected chi connectivity index (χ4v) is 3.65. The minimum atomic E-state index is -0.864. The second-order valence-corrected chi connectivity index (χ2v) is 6.39. The first-order valence-corrected chi connectivity index (χ1v) is 7.83. The fourth-order valence-electron chi connectivity index (χ4n) is 2.88. The first kappa shape index (κ1) is 15.0. The number of amides is 1. The Hall–Kier alpha value is -1.43. The Labute approximate surface area is 122 Å². The summed E-state index contributed by atoms with van der Waals surface area (Å²) in [7, 11) is 0. The minimum Gasteiger partial charge on any atom is -0.481 e. The number of nitrogens with one attached hydrogen (secondary N) is 1. The Bertz CT molecular complexity index is 475. The Morgan fingerprint density at radius 1 is 1.50 bits per heavy atom. The summed E-state index contributed by atoms with van der Waals surface area (Å²) < 4.78 is 0. The van der Waals surface area contributed by atoms with Crippen LogP contribution in [-0.2, 0) is 9.59 Å². The zero-order chi connectivity index (χ0) is 14.7. The van der Waals surface area contributed by atoms with Crippen LogP contribution in [0.15, 0.2) is 11.6 Å². The van der Waals surface area contributed by atoms with Crippen molar-refractivity contribution in [2.24, 2.45) is 17.8 Å². The molecule has 0 aromatic carbocycles. The van der Waals surface area contributed by atoms with Gasteiger partial charge in [-0.1, -0.05) is 13.8 Å². The summed E-state index contributed by atoms with van der Waals surface area (Å²) in [4.78, 5) is 27.9. The molecule has 5 nitrogen and oxygen atoms in total. The largest absolute Gasteiger partial charge is 0.481 e. The van der Waals surface area contributed by atoms with Gasteiger partial charge in [-0.05, 0) is 25.2 Å². The third-order valence-electron chi connectivity index (χ3n) is 3.93. The molecule has 0 saturated heterocycles. The van der Waals surface area contributed by atoms with Crippen molar-refractivity contribution in [1.29, 1.82) is 0 Å². The van der Waals surface area contributed by atoms with Crippen molar-refractivity contribution < 1.29 is 14.7 Å². The van der Waals surface area contributed by atoms with E-state index in [9.17, 15) is 14.7 Å². The highest BCUT2D eigenvalue weighted by Crippen LogP contribution is 2.37. The van der Waals surface area contributed by atoms with Crippen molar-refractivity contribution in [1.82, 2.24) is 10.3 Å². The number of rotatable bonds is 5. The molecule has 2 N–H and O–H groups in total. The number of nitrogens with zero attached hydrogens (tertiary/aromatic N) is 1. The molecule has 2 rings (SSSR count). The highest BCUT2D eigenvalue weighted by atomic mass is 32.1. The molecule has 1 aromatic rings. The molecule has 1 aliphatic carbocycles. The van der Waals surface area contributed by atoms with Gasteiger partial charge in [-0.25, -0.2) is 4.98 Å². The second kappa shape index (κ2) is 6.35. The summed E-state index contributed by atoms with van der Waals surface area (Å²) in [5, 5.41) is 14.9. The molecule has 1 saturated carbocycles. The molecule has 1 aliphatic rings. The lowest BCUT2D eigenvalue weighted by atomic mass is 9.95. The van der Waals surface area contributed by atoms with Crippen LogP contribution >= 0.6 is 11.3 Å². The lowest BCUT2D eigenvalue weighted by Crippen LogP contribution is -2.37. The topological polar surface area (TPSA) is 79.3 Å². The number of carboxylic acids is 1. The third kappa shape index (κ3) is 3.17. The highest BCUT2D eigenvalue weighted by molar-refractivity contribution is 7.09. The van der Waals surface area contributed by atoms with Crippen LogP contribution in [0, 0.1) is 17.8 Å². The number of thiazole rings is 1. The summed E-state index contributed by atoms with van der Waals surface area (Å²) in [6, 6.07) is -0.118. The number of aliphatic carboxylic acids is 1. The van der Waals surface area contributed by atoms with E-state index in [1.807, 2.05) is 19.2 Å². The molecule has 0 bridgehead atoms. The van der Waals surface area contributed by atoms with Crippen LogP contribution in [0.2, 0.25) is 0 Å². The Morgan fingerprint density at radius 3 is 2.75 bits per heavy atom. The maximum atomic E-state index is 12.4. The number of carboxylic acid groups (broad SMARTS) is 1. The van der Waals surface area contributed by atoms with Gasteiger partial charge in [-0.2, -0.15) is 0 Å². The molecular weight excluding hydrogens is 276 g/mol. The van der Waals surface area contributed by atoms with Crippen molar-refractivity contribution in [3.8, 4) is 0 Å². The van der Waals surface area contributed by atoms with E-state index in [0.717, 1.165) is 11.4 Å². The van der Waals surface area contributed by atoms with E-state index < -0.39 is 17.8 Å². The maximum absolute atomic E-state index is 12.4. The number of hydrogen-bond donors (Lipinski definition) is 2. The normalized spacial score (nSPS) is 27.2. The lowest BCUT2D eigenvalue weighted by Gasteiger charge is -2.20. The van der Waals surface area contributed by atoms with Gasteiger partial charge in [-0.3, -0.25) is 9.59 Å². The number of aromatic nitrogens is 1. The predicted octanol–water partition coefficient (Wildman–Crippen LogP) is 2.46. The van der Waals surface area contributed by atoms with Gasteiger partial charge < -0.3 is 10.4 Å². The number of carbonyl (C=O) groups is 2. The zero-order valence-electron chi connectivity index (χ0n) is 11.7. The van der Waals surface area contributed by atoms with Gasteiger partial charge in [0.1, 0.15) is 5.01 Å². The molecule has 1 heterocycles. The summed E-state index contributed by atoms with van der Waals surface area (Å²) in [5.41, 5.74) is 0. The van der Waals surface area contributed by atoms with Crippen molar-refractivity contribution in [2.75, 3.05) is 0 Å². The SMILES string of the molecule is CCC(NC(=O)C1CC(C)CC1C(=O)O)c1nccs1. The molecular formula is C14H20N2O3S. The molecule has 0 spiro atoms. The van der Waals surface area contributed by atoms with E-state index in [4.69, 9.17) is 0 Å².